The SMILES string of the molecule is O=C(CCO)CCOCCCOCCCOCCO. The van der Waals surface area contributed by atoms with E-state index in [1.165, 1.54) is 0 Å². The number of hydrogen-bond acceptors (Lipinski definition) is 6. The number of hydrogen-bond donors (Lipinski definition) is 2. The van der Waals surface area contributed by atoms with Crippen molar-refractivity contribution in [3.05, 3.63) is 0 Å². The molecule has 2 N–H and O–H groups in total. The summed E-state index contributed by atoms with van der Waals surface area (Å²) in [5.41, 5.74) is 0. The van der Waals surface area contributed by atoms with E-state index in [4.69, 9.17) is 24.4 Å². The van der Waals surface area contributed by atoms with Gasteiger partial charge in [0.1, 0.15) is 5.78 Å². The van der Waals surface area contributed by atoms with Crippen LogP contribution < -0.4 is 0 Å². The summed E-state index contributed by atoms with van der Waals surface area (Å²) >= 11 is 0. The first-order valence-electron chi connectivity index (χ1n) is 6.78. The number of aliphatic hydroxyl groups excluding tert-OH is 2. The summed E-state index contributed by atoms with van der Waals surface area (Å²) in [6.07, 6.45) is 2.19. The van der Waals surface area contributed by atoms with Gasteiger partial charge in [-0.25, -0.2) is 0 Å². The lowest BCUT2D eigenvalue weighted by atomic mass is 10.2. The van der Waals surface area contributed by atoms with Crippen molar-refractivity contribution in [1.82, 2.24) is 0 Å². The van der Waals surface area contributed by atoms with Crippen molar-refractivity contribution in [3.8, 4) is 0 Å². The highest BCUT2D eigenvalue weighted by atomic mass is 16.5. The molecule has 19 heavy (non-hydrogen) atoms. The van der Waals surface area contributed by atoms with Crippen LogP contribution in [0.15, 0.2) is 0 Å². The Kier molecular flexibility index (Phi) is 15.1. The second-order valence-electron chi connectivity index (χ2n) is 4.03. The van der Waals surface area contributed by atoms with Gasteiger partial charge >= 0.3 is 0 Å². The summed E-state index contributed by atoms with van der Waals surface area (Å²) in [4.78, 5) is 11.0. The number of ether oxygens (including phenoxy) is 3. The maximum absolute atomic E-state index is 11.0. The molecule has 0 saturated heterocycles. The second-order valence-corrected chi connectivity index (χ2v) is 4.03. The fourth-order valence-corrected chi connectivity index (χ4v) is 1.33. The Hall–Kier alpha value is -0.530. The summed E-state index contributed by atoms with van der Waals surface area (Å²) in [6.45, 7) is 3.20. The van der Waals surface area contributed by atoms with Crippen molar-refractivity contribution in [2.45, 2.75) is 25.7 Å². The molecule has 0 heterocycles. The predicted octanol–water partition coefficient (Wildman–Crippen LogP) is 0.150. The molecule has 6 nitrogen and oxygen atoms in total. The van der Waals surface area contributed by atoms with Gasteiger partial charge in [-0.05, 0) is 12.8 Å². The van der Waals surface area contributed by atoms with E-state index in [1.807, 2.05) is 0 Å². The topological polar surface area (TPSA) is 85.2 Å². The van der Waals surface area contributed by atoms with Crippen molar-refractivity contribution in [2.75, 3.05) is 52.9 Å². The predicted molar refractivity (Wildman–Crippen MR) is 70.1 cm³/mol. The number of Topliss-reactive ketones (excluding diaryl/α,β-unsaturated/α-hetero) is 1. The van der Waals surface area contributed by atoms with Gasteiger partial charge in [0.05, 0.1) is 19.8 Å². The standard InChI is InChI=1S/C13H26O6/c14-5-3-13(16)4-11-18-9-1-7-17-8-2-10-19-12-6-15/h14-15H,1-12H2. The molecule has 0 aromatic carbocycles. The van der Waals surface area contributed by atoms with Crippen LogP contribution in [0.3, 0.4) is 0 Å². The van der Waals surface area contributed by atoms with Gasteiger partial charge < -0.3 is 24.4 Å². The first-order chi connectivity index (χ1) is 9.31. The molecule has 0 aliphatic rings. The summed E-state index contributed by atoms with van der Waals surface area (Å²) in [5.74, 6) is 0.0293. The maximum atomic E-state index is 11.0. The maximum Gasteiger partial charge on any atom is 0.137 e. The monoisotopic (exact) mass is 278 g/mol. The van der Waals surface area contributed by atoms with E-state index in [1.54, 1.807) is 0 Å². The van der Waals surface area contributed by atoms with Crippen molar-refractivity contribution in [2.24, 2.45) is 0 Å². The molecular formula is C13H26O6. The Morgan fingerprint density at radius 2 is 1.21 bits per heavy atom. The highest BCUT2D eigenvalue weighted by molar-refractivity contribution is 5.78. The number of carbonyl (C=O) groups excluding carboxylic acids is 1. The van der Waals surface area contributed by atoms with E-state index >= 15 is 0 Å². The quantitative estimate of drug-likeness (QED) is 0.415. The van der Waals surface area contributed by atoms with Gasteiger partial charge in [-0.15, -0.1) is 0 Å². The van der Waals surface area contributed by atoms with Crippen LogP contribution in [0.5, 0.6) is 0 Å². The molecule has 0 aliphatic carbocycles. The molecule has 114 valence electrons. The summed E-state index contributed by atoms with van der Waals surface area (Å²) < 4.78 is 15.7. The van der Waals surface area contributed by atoms with E-state index < -0.39 is 0 Å². The Balaban J connectivity index is 3.01. The minimum Gasteiger partial charge on any atom is -0.396 e. The third-order valence-electron chi connectivity index (χ3n) is 2.31. The largest absolute Gasteiger partial charge is 0.396 e. The van der Waals surface area contributed by atoms with Crippen molar-refractivity contribution >= 4 is 5.78 Å². The number of rotatable bonds is 15. The summed E-state index contributed by atoms with van der Waals surface area (Å²) in [5, 5.41) is 17.0. The van der Waals surface area contributed by atoms with Crippen LogP contribution >= 0.6 is 0 Å². The van der Waals surface area contributed by atoms with Gasteiger partial charge in [0, 0.05) is 45.9 Å². The average Bonchev–Trinajstić information content (AvgIpc) is 2.40. The van der Waals surface area contributed by atoms with Crippen LogP contribution in [0.4, 0.5) is 0 Å². The highest BCUT2D eigenvalue weighted by Crippen LogP contribution is 1.93. The number of ketones is 1. The molecule has 0 fully saturated rings. The third kappa shape index (κ3) is 15.4. The van der Waals surface area contributed by atoms with E-state index in [2.05, 4.69) is 0 Å². The van der Waals surface area contributed by atoms with Gasteiger partial charge in [0.15, 0.2) is 0 Å². The molecule has 0 aromatic heterocycles. The minimum absolute atomic E-state index is 0.0293. The van der Waals surface area contributed by atoms with Crippen molar-refractivity contribution < 1.29 is 29.2 Å². The van der Waals surface area contributed by atoms with E-state index in [-0.39, 0.29) is 25.4 Å². The molecule has 0 radical (unpaired) electrons. The van der Waals surface area contributed by atoms with Crippen LogP contribution in [0.1, 0.15) is 25.7 Å². The highest BCUT2D eigenvalue weighted by Gasteiger charge is 2.00. The van der Waals surface area contributed by atoms with E-state index in [0.717, 1.165) is 12.8 Å². The number of carbonyl (C=O) groups is 1. The molecule has 0 unspecified atom stereocenters. The Morgan fingerprint density at radius 1 is 0.684 bits per heavy atom. The van der Waals surface area contributed by atoms with Crippen LogP contribution in [0.25, 0.3) is 0 Å². The van der Waals surface area contributed by atoms with Crippen molar-refractivity contribution in [1.29, 1.82) is 0 Å². The first kappa shape index (κ1) is 18.5. The van der Waals surface area contributed by atoms with Crippen LogP contribution in [0, 0.1) is 0 Å². The second kappa shape index (κ2) is 15.5. The Bertz CT molecular complexity index is 198. The van der Waals surface area contributed by atoms with E-state index in [9.17, 15) is 4.79 Å². The zero-order chi connectivity index (χ0) is 14.2. The normalized spacial score (nSPS) is 10.8. The molecule has 0 amide bonds. The molecule has 0 aromatic rings. The van der Waals surface area contributed by atoms with Crippen LogP contribution in [-0.2, 0) is 19.0 Å². The van der Waals surface area contributed by atoms with Gasteiger partial charge in [-0.3, -0.25) is 4.79 Å². The average molecular weight is 278 g/mol. The molecule has 0 saturated carbocycles. The Labute approximate surface area is 114 Å². The van der Waals surface area contributed by atoms with Crippen LogP contribution in [-0.4, -0.2) is 68.9 Å². The van der Waals surface area contributed by atoms with Gasteiger partial charge in [-0.2, -0.15) is 0 Å². The molecule has 0 spiro atoms. The Morgan fingerprint density at radius 3 is 1.74 bits per heavy atom. The zero-order valence-electron chi connectivity index (χ0n) is 11.5. The fraction of sp³-hybridized carbons (Fsp3) is 0.923. The van der Waals surface area contributed by atoms with Gasteiger partial charge in [0.25, 0.3) is 0 Å². The zero-order valence-corrected chi connectivity index (χ0v) is 11.5. The minimum atomic E-state index is -0.0886. The molecule has 0 aliphatic heterocycles. The summed E-state index contributed by atoms with van der Waals surface area (Å²) in [7, 11) is 0. The smallest absolute Gasteiger partial charge is 0.137 e. The van der Waals surface area contributed by atoms with Crippen molar-refractivity contribution in [3.63, 3.8) is 0 Å². The number of aliphatic hydroxyl groups is 2. The molecule has 6 heteroatoms. The fourth-order valence-electron chi connectivity index (χ4n) is 1.33. The molecule has 0 bridgehead atoms. The molecular weight excluding hydrogens is 252 g/mol. The summed E-state index contributed by atoms with van der Waals surface area (Å²) in [6, 6.07) is 0. The lowest BCUT2D eigenvalue weighted by molar-refractivity contribution is -0.120. The lowest BCUT2D eigenvalue weighted by Crippen LogP contribution is -2.08. The molecule has 0 rings (SSSR count). The van der Waals surface area contributed by atoms with Crippen LogP contribution in [0.2, 0.25) is 0 Å². The third-order valence-corrected chi connectivity index (χ3v) is 2.31. The van der Waals surface area contributed by atoms with Gasteiger partial charge in [0.2, 0.25) is 0 Å². The van der Waals surface area contributed by atoms with E-state index in [0.29, 0.717) is 46.1 Å². The van der Waals surface area contributed by atoms with Gasteiger partial charge in [-0.1, -0.05) is 0 Å². The lowest BCUT2D eigenvalue weighted by Gasteiger charge is -2.06. The molecule has 0 atom stereocenters. The first-order valence-corrected chi connectivity index (χ1v) is 6.78.